The van der Waals surface area contributed by atoms with E-state index in [0.29, 0.717) is 11.4 Å². The molecule has 0 bridgehead atoms. The van der Waals surface area contributed by atoms with Gasteiger partial charge in [-0.15, -0.1) is 0 Å². The van der Waals surface area contributed by atoms with Crippen molar-refractivity contribution in [1.29, 1.82) is 0 Å². The van der Waals surface area contributed by atoms with Crippen molar-refractivity contribution >= 4 is 27.6 Å². The molecule has 2 aromatic rings. The topological polar surface area (TPSA) is 72.5 Å². The third-order valence-electron chi connectivity index (χ3n) is 6.71. The maximum absolute atomic E-state index is 13.1. The molecule has 1 aliphatic rings. The van der Waals surface area contributed by atoms with E-state index in [-0.39, 0.29) is 16.9 Å². The maximum atomic E-state index is 13.1. The molecule has 1 N–H and O–H groups in total. The number of benzene rings is 2. The minimum absolute atomic E-state index is 0.203. The molecule has 0 heterocycles. The minimum atomic E-state index is -3.68. The number of nitrogens with one attached hydrogen (secondary N) is 1. The van der Waals surface area contributed by atoms with Crippen LogP contribution in [0, 0.1) is 5.92 Å². The van der Waals surface area contributed by atoms with Crippen molar-refractivity contribution in [1.82, 2.24) is 4.72 Å². The molecule has 1 unspecified atom stereocenters. The molecule has 0 saturated heterocycles. The molecule has 1 saturated carbocycles. The van der Waals surface area contributed by atoms with Gasteiger partial charge in [-0.2, -0.15) is 0 Å². The van der Waals surface area contributed by atoms with Gasteiger partial charge in [-0.1, -0.05) is 80.8 Å². The van der Waals surface area contributed by atoms with Crippen LogP contribution in [-0.4, -0.2) is 21.5 Å². The van der Waals surface area contributed by atoms with E-state index in [9.17, 15) is 13.2 Å². The molecule has 1 fully saturated rings. The Hall–Kier alpha value is -1.89. The van der Waals surface area contributed by atoms with E-state index in [1.54, 1.807) is 12.1 Å². The molecular weight excluding hydrogens is 470 g/mol. The molecule has 0 amide bonds. The predicted octanol–water partition coefficient (Wildman–Crippen LogP) is 6.61. The Morgan fingerprint density at radius 2 is 1.71 bits per heavy atom. The Morgan fingerprint density at radius 1 is 1.03 bits per heavy atom. The number of methoxy groups -OCH3 is 1. The number of ether oxygens (including phenoxy) is 1. The summed E-state index contributed by atoms with van der Waals surface area (Å²) < 4.78 is 33.8. The number of carbonyl (C=O) groups is 1. The fourth-order valence-corrected chi connectivity index (χ4v) is 6.09. The van der Waals surface area contributed by atoms with Gasteiger partial charge in [-0.3, -0.25) is 4.79 Å². The number of halogens is 1. The molecule has 186 valence electrons. The first-order valence-electron chi connectivity index (χ1n) is 12.3. The lowest BCUT2D eigenvalue weighted by molar-refractivity contribution is -0.140. The molecule has 34 heavy (non-hydrogen) atoms. The van der Waals surface area contributed by atoms with Crippen LogP contribution in [0.5, 0.6) is 0 Å². The van der Waals surface area contributed by atoms with Crippen LogP contribution in [-0.2, 0) is 26.0 Å². The van der Waals surface area contributed by atoms with Crippen LogP contribution >= 0.6 is 11.6 Å². The molecule has 0 aliphatic heterocycles. The molecule has 7 heteroatoms. The van der Waals surface area contributed by atoms with E-state index in [1.165, 1.54) is 51.3 Å². The van der Waals surface area contributed by atoms with Gasteiger partial charge < -0.3 is 4.74 Å². The summed E-state index contributed by atoms with van der Waals surface area (Å²) in [7, 11) is -2.28. The summed E-state index contributed by atoms with van der Waals surface area (Å²) >= 11 is 5.94. The minimum Gasteiger partial charge on any atom is -0.469 e. The van der Waals surface area contributed by atoms with Gasteiger partial charge in [0.1, 0.15) is 0 Å². The smallest absolute Gasteiger partial charge is 0.305 e. The van der Waals surface area contributed by atoms with Crippen LogP contribution in [0.25, 0.3) is 0 Å². The van der Waals surface area contributed by atoms with Crippen molar-refractivity contribution in [3.05, 3.63) is 64.7 Å². The summed E-state index contributed by atoms with van der Waals surface area (Å²) in [5.41, 5.74) is 2.08. The molecule has 3 rings (SSSR count). The van der Waals surface area contributed by atoms with Crippen LogP contribution in [0.15, 0.2) is 53.4 Å². The van der Waals surface area contributed by atoms with Gasteiger partial charge in [-0.25, -0.2) is 13.1 Å². The molecule has 2 aromatic carbocycles. The Balaban J connectivity index is 1.68. The second kappa shape index (κ2) is 13.3. The lowest BCUT2D eigenvalue weighted by Crippen LogP contribution is -2.29. The van der Waals surface area contributed by atoms with E-state index in [1.807, 2.05) is 24.3 Å². The standard InChI is InChI=1S/C27H36ClNO4S/c1-33-27(30)12-6-10-22-13-15-23(16-14-22)26(11-5-9-21-7-3-2-4-8-21)29-34(31,32)25-19-17-24(28)18-20-25/h13-21,26,29H,2-12H2,1H3. The summed E-state index contributed by atoms with van der Waals surface area (Å²) in [5, 5.41) is 0.505. The fraction of sp³-hybridized carbons (Fsp3) is 0.519. The normalized spacial score (nSPS) is 15.7. The van der Waals surface area contributed by atoms with Crippen LogP contribution in [0.4, 0.5) is 0 Å². The quantitative estimate of drug-likeness (QED) is 0.329. The monoisotopic (exact) mass is 505 g/mol. The van der Waals surface area contributed by atoms with E-state index in [0.717, 1.165) is 49.1 Å². The molecule has 1 aliphatic carbocycles. The average Bonchev–Trinajstić information content (AvgIpc) is 2.84. The molecule has 5 nitrogen and oxygen atoms in total. The van der Waals surface area contributed by atoms with Crippen molar-refractivity contribution in [3.63, 3.8) is 0 Å². The second-order valence-electron chi connectivity index (χ2n) is 9.23. The Labute approximate surface area is 209 Å². The van der Waals surface area contributed by atoms with Gasteiger partial charge in [-0.05, 0) is 60.6 Å². The third kappa shape index (κ3) is 8.40. The van der Waals surface area contributed by atoms with Gasteiger partial charge in [0.25, 0.3) is 0 Å². The summed E-state index contributed by atoms with van der Waals surface area (Å²) in [5.74, 6) is 0.561. The Kier molecular flexibility index (Phi) is 10.4. The van der Waals surface area contributed by atoms with Gasteiger partial charge in [0, 0.05) is 17.5 Å². The zero-order valence-electron chi connectivity index (χ0n) is 20.0. The summed E-state index contributed by atoms with van der Waals surface area (Å²) in [6, 6.07) is 14.0. The van der Waals surface area contributed by atoms with E-state index in [4.69, 9.17) is 16.3 Å². The zero-order valence-corrected chi connectivity index (χ0v) is 21.5. The first-order chi connectivity index (χ1) is 16.4. The number of esters is 1. The number of aryl methyl sites for hydroxylation is 1. The molecule has 1 atom stereocenters. The first-order valence-corrected chi connectivity index (χ1v) is 14.2. The lowest BCUT2D eigenvalue weighted by Gasteiger charge is -2.24. The van der Waals surface area contributed by atoms with Crippen molar-refractivity contribution in [2.45, 2.75) is 81.6 Å². The van der Waals surface area contributed by atoms with Crippen molar-refractivity contribution < 1.29 is 17.9 Å². The second-order valence-corrected chi connectivity index (χ2v) is 11.4. The summed E-state index contributed by atoms with van der Waals surface area (Å²) in [6.07, 6.45) is 11.3. The molecule has 0 aromatic heterocycles. The fourth-order valence-electron chi connectivity index (χ4n) is 4.70. The van der Waals surface area contributed by atoms with Crippen LogP contribution in [0.3, 0.4) is 0 Å². The third-order valence-corrected chi connectivity index (χ3v) is 8.45. The number of carbonyl (C=O) groups excluding carboxylic acids is 1. The van der Waals surface area contributed by atoms with Crippen LogP contribution in [0.2, 0.25) is 5.02 Å². The highest BCUT2D eigenvalue weighted by atomic mass is 35.5. The molecule has 0 radical (unpaired) electrons. The number of hydrogen-bond acceptors (Lipinski definition) is 4. The average molecular weight is 506 g/mol. The Morgan fingerprint density at radius 3 is 2.35 bits per heavy atom. The van der Waals surface area contributed by atoms with Gasteiger partial charge in [0.2, 0.25) is 10.0 Å². The van der Waals surface area contributed by atoms with Crippen molar-refractivity contribution in [3.8, 4) is 0 Å². The van der Waals surface area contributed by atoms with Gasteiger partial charge >= 0.3 is 5.97 Å². The van der Waals surface area contributed by atoms with E-state index >= 15 is 0 Å². The van der Waals surface area contributed by atoms with E-state index in [2.05, 4.69) is 4.72 Å². The maximum Gasteiger partial charge on any atom is 0.305 e. The molecular formula is C27H36ClNO4S. The molecule has 0 spiro atoms. The van der Waals surface area contributed by atoms with Crippen LogP contribution < -0.4 is 4.72 Å². The van der Waals surface area contributed by atoms with Gasteiger partial charge in [0.15, 0.2) is 0 Å². The van der Waals surface area contributed by atoms with Crippen LogP contribution in [0.1, 0.15) is 81.4 Å². The highest BCUT2D eigenvalue weighted by Crippen LogP contribution is 2.30. The van der Waals surface area contributed by atoms with Crippen molar-refractivity contribution in [2.75, 3.05) is 7.11 Å². The number of hydrogen-bond donors (Lipinski definition) is 1. The lowest BCUT2D eigenvalue weighted by atomic mass is 9.85. The number of sulfonamides is 1. The number of rotatable bonds is 12. The van der Waals surface area contributed by atoms with E-state index < -0.39 is 10.0 Å². The first kappa shape index (κ1) is 26.7. The zero-order chi connectivity index (χ0) is 24.4. The largest absolute Gasteiger partial charge is 0.469 e. The van der Waals surface area contributed by atoms with Gasteiger partial charge in [0.05, 0.1) is 12.0 Å². The highest BCUT2D eigenvalue weighted by molar-refractivity contribution is 7.89. The SMILES string of the molecule is COC(=O)CCCc1ccc(C(CCCC2CCCCC2)NS(=O)(=O)c2ccc(Cl)cc2)cc1. The summed E-state index contributed by atoms with van der Waals surface area (Å²) in [4.78, 5) is 11.6. The highest BCUT2D eigenvalue weighted by Gasteiger charge is 2.22. The van der Waals surface area contributed by atoms with Crippen molar-refractivity contribution in [2.24, 2.45) is 5.92 Å². The Bertz CT molecular complexity index is 1000. The predicted molar refractivity (Wildman–Crippen MR) is 136 cm³/mol. The summed E-state index contributed by atoms with van der Waals surface area (Å²) in [6.45, 7) is 0.